The van der Waals surface area contributed by atoms with Crippen molar-refractivity contribution in [3.05, 3.63) is 35.1 Å². The molecule has 1 saturated heterocycles. The molecule has 1 aromatic carbocycles. The van der Waals surface area contributed by atoms with E-state index in [0.717, 1.165) is 18.9 Å². The van der Waals surface area contributed by atoms with Gasteiger partial charge in [-0.2, -0.15) is 5.26 Å². The molecule has 24 heavy (non-hydrogen) atoms. The Labute approximate surface area is 141 Å². The van der Waals surface area contributed by atoms with Gasteiger partial charge in [0.2, 0.25) is 11.8 Å². The lowest BCUT2D eigenvalue weighted by atomic mass is 9.81. The van der Waals surface area contributed by atoms with Crippen LogP contribution in [0, 0.1) is 23.1 Å². The van der Waals surface area contributed by atoms with Crippen molar-refractivity contribution in [1.82, 2.24) is 10.2 Å². The van der Waals surface area contributed by atoms with E-state index >= 15 is 0 Å². The molecule has 0 spiro atoms. The molecule has 0 bridgehead atoms. The maximum Gasteiger partial charge on any atom is 0.232 e. The van der Waals surface area contributed by atoms with Crippen LogP contribution >= 0.6 is 0 Å². The number of piperidine rings is 1. The maximum absolute atomic E-state index is 13.7. The zero-order valence-electron chi connectivity index (χ0n) is 14.2. The summed E-state index contributed by atoms with van der Waals surface area (Å²) in [5.74, 6) is -0.981. The molecule has 1 heterocycles. The number of amides is 2. The number of carbonyl (C=O) groups is 2. The zero-order valence-corrected chi connectivity index (χ0v) is 14.2. The van der Waals surface area contributed by atoms with Crippen LogP contribution in [0.3, 0.4) is 0 Å². The molecular formula is C18H22FN3O2. The predicted octanol–water partition coefficient (Wildman–Crippen LogP) is 1.96. The highest BCUT2D eigenvalue weighted by atomic mass is 19.1. The standard InChI is InChI=1S/C18H22FN3O2/c1-18(2,14-7-12(10-20)8-15(19)9-14)17(24)22-6-4-5-13(11-22)16(23)21-3/h7-9,13H,4-6,11H2,1-3H3,(H,21,23)/t13-/m0/s1. The van der Waals surface area contributed by atoms with E-state index < -0.39 is 11.2 Å². The Kier molecular flexibility index (Phi) is 5.23. The van der Waals surface area contributed by atoms with Crippen molar-refractivity contribution in [2.75, 3.05) is 20.1 Å². The van der Waals surface area contributed by atoms with Crippen LogP contribution in [0.4, 0.5) is 4.39 Å². The Bertz CT molecular complexity index is 694. The van der Waals surface area contributed by atoms with E-state index in [1.54, 1.807) is 31.9 Å². The highest BCUT2D eigenvalue weighted by Crippen LogP contribution is 2.29. The molecule has 2 amide bonds. The number of likely N-dealkylation sites (tertiary alicyclic amines) is 1. The second-order valence-electron chi connectivity index (χ2n) is 6.67. The van der Waals surface area contributed by atoms with Crippen molar-refractivity contribution in [3.8, 4) is 6.07 Å². The molecule has 0 aliphatic carbocycles. The van der Waals surface area contributed by atoms with Crippen LogP contribution in [-0.2, 0) is 15.0 Å². The summed E-state index contributed by atoms with van der Waals surface area (Å²) in [4.78, 5) is 26.5. The number of nitrogens with zero attached hydrogens (tertiary/aromatic N) is 2. The SMILES string of the molecule is CNC(=O)[C@H]1CCCN(C(=O)C(C)(C)c2cc(F)cc(C#N)c2)C1. The Morgan fingerprint density at radius 1 is 1.38 bits per heavy atom. The van der Waals surface area contributed by atoms with Crippen LogP contribution in [-0.4, -0.2) is 36.9 Å². The highest BCUT2D eigenvalue weighted by Gasteiger charge is 2.37. The molecule has 0 unspecified atom stereocenters. The van der Waals surface area contributed by atoms with Crippen molar-refractivity contribution in [2.45, 2.75) is 32.1 Å². The highest BCUT2D eigenvalue weighted by molar-refractivity contribution is 5.88. The first kappa shape index (κ1) is 17.9. The molecule has 6 heteroatoms. The maximum atomic E-state index is 13.7. The Morgan fingerprint density at radius 2 is 2.08 bits per heavy atom. The van der Waals surface area contributed by atoms with Gasteiger partial charge in [-0.05, 0) is 50.5 Å². The lowest BCUT2D eigenvalue weighted by Crippen LogP contribution is -2.50. The van der Waals surface area contributed by atoms with Gasteiger partial charge in [0.1, 0.15) is 5.82 Å². The summed E-state index contributed by atoms with van der Waals surface area (Å²) in [5.41, 5.74) is -0.322. The fourth-order valence-electron chi connectivity index (χ4n) is 3.11. The van der Waals surface area contributed by atoms with Crippen LogP contribution in [0.5, 0.6) is 0 Å². The van der Waals surface area contributed by atoms with Gasteiger partial charge in [-0.25, -0.2) is 4.39 Å². The molecule has 1 aromatic rings. The van der Waals surface area contributed by atoms with Crippen LogP contribution in [0.1, 0.15) is 37.8 Å². The summed E-state index contributed by atoms with van der Waals surface area (Å²) in [5, 5.41) is 11.6. The molecule has 1 N–H and O–H groups in total. The molecule has 2 rings (SSSR count). The van der Waals surface area contributed by atoms with Crippen LogP contribution in [0.25, 0.3) is 0 Å². The third kappa shape index (κ3) is 3.56. The van der Waals surface area contributed by atoms with E-state index in [4.69, 9.17) is 5.26 Å². The van der Waals surface area contributed by atoms with Crippen molar-refractivity contribution >= 4 is 11.8 Å². The molecule has 1 aliphatic rings. The number of hydrogen-bond donors (Lipinski definition) is 1. The van der Waals surface area contributed by atoms with Gasteiger partial charge >= 0.3 is 0 Å². The molecule has 5 nitrogen and oxygen atoms in total. The van der Waals surface area contributed by atoms with Crippen molar-refractivity contribution in [2.24, 2.45) is 5.92 Å². The Balaban J connectivity index is 2.25. The second-order valence-corrected chi connectivity index (χ2v) is 6.67. The lowest BCUT2D eigenvalue weighted by molar-refractivity contribution is -0.139. The minimum atomic E-state index is -0.974. The molecule has 1 atom stereocenters. The smallest absolute Gasteiger partial charge is 0.232 e. The van der Waals surface area contributed by atoms with Crippen LogP contribution in [0.2, 0.25) is 0 Å². The van der Waals surface area contributed by atoms with E-state index in [9.17, 15) is 14.0 Å². The third-order valence-corrected chi connectivity index (χ3v) is 4.61. The number of carbonyl (C=O) groups excluding carboxylic acids is 2. The van der Waals surface area contributed by atoms with E-state index in [1.807, 2.05) is 6.07 Å². The van der Waals surface area contributed by atoms with Gasteiger partial charge in [0.25, 0.3) is 0 Å². The summed E-state index contributed by atoms with van der Waals surface area (Å²) >= 11 is 0. The fraction of sp³-hybridized carbons (Fsp3) is 0.500. The quantitative estimate of drug-likeness (QED) is 0.920. The topological polar surface area (TPSA) is 73.2 Å². The molecule has 0 radical (unpaired) electrons. The van der Waals surface area contributed by atoms with E-state index in [2.05, 4.69) is 5.32 Å². The number of nitriles is 1. The average molecular weight is 331 g/mol. The Morgan fingerprint density at radius 3 is 2.71 bits per heavy atom. The van der Waals surface area contributed by atoms with Crippen molar-refractivity contribution in [3.63, 3.8) is 0 Å². The molecule has 1 aliphatic heterocycles. The van der Waals surface area contributed by atoms with E-state index in [-0.39, 0.29) is 23.3 Å². The monoisotopic (exact) mass is 331 g/mol. The Hall–Kier alpha value is -2.42. The minimum absolute atomic E-state index is 0.0668. The summed E-state index contributed by atoms with van der Waals surface area (Å²) in [6.45, 7) is 4.38. The van der Waals surface area contributed by atoms with Gasteiger partial charge in [0, 0.05) is 20.1 Å². The van der Waals surface area contributed by atoms with Crippen molar-refractivity contribution < 1.29 is 14.0 Å². The molecule has 128 valence electrons. The second kappa shape index (κ2) is 7.00. The minimum Gasteiger partial charge on any atom is -0.359 e. The summed E-state index contributed by atoms with van der Waals surface area (Å²) in [7, 11) is 1.59. The van der Waals surface area contributed by atoms with Crippen LogP contribution < -0.4 is 5.32 Å². The van der Waals surface area contributed by atoms with Gasteiger partial charge in [-0.3, -0.25) is 9.59 Å². The first-order chi connectivity index (χ1) is 11.3. The van der Waals surface area contributed by atoms with Gasteiger partial charge < -0.3 is 10.2 Å². The van der Waals surface area contributed by atoms with Crippen LogP contribution in [0.15, 0.2) is 18.2 Å². The lowest BCUT2D eigenvalue weighted by Gasteiger charge is -2.37. The summed E-state index contributed by atoms with van der Waals surface area (Å²) < 4.78 is 13.7. The number of rotatable bonds is 3. The average Bonchev–Trinajstić information content (AvgIpc) is 2.59. The van der Waals surface area contributed by atoms with E-state index in [1.165, 1.54) is 6.07 Å². The summed E-state index contributed by atoms with van der Waals surface area (Å²) in [6.07, 6.45) is 1.51. The molecule has 0 saturated carbocycles. The number of halogens is 1. The first-order valence-corrected chi connectivity index (χ1v) is 8.01. The predicted molar refractivity (Wildman–Crippen MR) is 87.5 cm³/mol. The number of hydrogen-bond acceptors (Lipinski definition) is 3. The van der Waals surface area contributed by atoms with Gasteiger partial charge in [0.05, 0.1) is 23.0 Å². The van der Waals surface area contributed by atoms with Gasteiger partial charge in [-0.15, -0.1) is 0 Å². The zero-order chi connectivity index (χ0) is 17.9. The largest absolute Gasteiger partial charge is 0.359 e. The number of benzene rings is 1. The number of nitrogens with one attached hydrogen (secondary N) is 1. The van der Waals surface area contributed by atoms with E-state index in [0.29, 0.717) is 18.7 Å². The third-order valence-electron chi connectivity index (χ3n) is 4.61. The summed E-state index contributed by atoms with van der Waals surface area (Å²) in [6, 6.07) is 5.89. The van der Waals surface area contributed by atoms with Crippen molar-refractivity contribution in [1.29, 1.82) is 5.26 Å². The first-order valence-electron chi connectivity index (χ1n) is 8.01. The molecule has 0 aromatic heterocycles. The normalized spacial score (nSPS) is 18.0. The molecular weight excluding hydrogens is 309 g/mol. The van der Waals surface area contributed by atoms with Gasteiger partial charge in [0.15, 0.2) is 0 Å². The fourth-order valence-corrected chi connectivity index (χ4v) is 3.11. The van der Waals surface area contributed by atoms with Gasteiger partial charge in [-0.1, -0.05) is 0 Å². The molecule has 1 fully saturated rings.